The summed E-state index contributed by atoms with van der Waals surface area (Å²) in [6.45, 7) is 1.44. The van der Waals surface area contributed by atoms with Crippen LogP contribution in [-0.2, 0) is 20.8 Å². The Bertz CT molecular complexity index is 826. The summed E-state index contributed by atoms with van der Waals surface area (Å²) in [4.78, 5) is 34.9. The van der Waals surface area contributed by atoms with Crippen molar-refractivity contribution >= 4 is 29.2 Å². The number of esters is 1. The number of nitrogens with one attached hydrogen (secondary N) is 2. The smallest absolute Gasteiger partial charge is 0.315 e. The maximum absolute atomic E-state index is 12.1. The molecule has 0 atom stereocenters. The van der Waals surface area contributed by atoms with E-state index in [4.69, 9.17) is 4.74 Å². The van der Waals surface area contributed by atoms with Gasteiger partial charge in [-0.25, -0.2) is 0 Å². The van der Waals surface area contributed by atoms with Crippen LogP contribution in [-0.4, -0.2) is 17.8 Å². The molecule has 1 aliphatic carbocycles. The van der Waals surface area contributed by atoms with Crippen LogP contribution in [0.2, 0.25) is 0 Å². The number of amides is 2. The predicted octanol–water partition coefficient (Wildman–Crippen LogP) is 3.14. The number of benzene rings is 2. The van der Waals surface area contributed by atoms with Crippen molar-refractivity contribution in [2.45, 2.75) is 26.2 Å². The van der Waals surface area contributed by atoms with Gasteiger partial charge in [-0.2, -0.15) is 0 Å². The van der Waals surface area contributed by atoms with Crippen LogP contribution in [0.4, 0.5) is 11.4 Å². The van der Waals surface area contributed by atoms with Gasteiger partial charge in [-0.3, -0.25) is 14.4 Å². The fraction of sp³-hybridized carbons (Fsp3) is 0.250. The topological polar surface area (TPSA) is 84.5 Å². The van der Waals surface area contributed by atoms with E-state index < -0.39 is 5.97 Å². The first kappa shape index (κ1) is 17.7. The summed E-state index contributed by atoms with van der Waals surface area (Å²) in [5.41, 5.74) is 2.07. The van der Waals surface area contributed by atoms with Gasteiger partial charge >= 0.3 is 5.97 Å². The molecule has 0 radical (unpaired) electrons. The first-order chi connectivity index (χ1) is 12.5. The fourth-order valence-corrected chi connectivity index (χ4v) is 2.47. The Hall–Kier alpha value is -3.15. The van der Waals surface area contributed by atoms with E-state index in [0.717, 1.165) is 18.4 Å². The lowest BCUT2D eigenvalue weighted by Gasteiger charge is -2.08. The second-order valence-electron chi connectivity index (χ2n) is 6.32. The average molecular weight is 352 g/mol. The van der Waals surface area contributed by atoms with Gasteiger partial charge < -0.3 is 15.4 Å². The van der Waals surface area contributed by atoms with Gasteiger partial charge in [-0.15, -0.1) is 0 Å². The molecule has 2 N–H and O–H groups in total. The highest BCUT2D eigenvalue weighted by Crippen LogP contribution is 2.30. The Morgan fingerprint density at radius 2 is 1.73 bits per heavy atom. The number of carbonyl (C=O) groups excluding carboxylic acids is 3. The molecule has 2 amide bonds. The van der Waals surface area contributed by atoms with Gasteiger partial charge in [-0.05, 0) is 42.7 Å². The SMILES string of the molecule is CC(=O)Nc1ccc(CC(=O)Oc2cccc(NC(=O)C3CC3)c2)cc1. The summed E-state index contributed by atoms with van der Waals surface area (Å²) < 4.78 is 5.35. The standard InChI is InChI=1S/C20H20N2O4/c1-13(23)21-16-9-5-14(6-10-16)11-19(24)26-18-4-2-3-17(12-18)22-20(25)15-7-8-15/h2-6,9-10,12,15H,7-8,11H2,1H3,(H,21,23)(H,22,25). The minimum atomic E-state index is -0.400. The zero-order chi connectivity index (χ0) is 18.5. The fourth-order valence-electron chi connectivity index (χ4n) is 2.47. The summed E-state index contributed by atoms with van der Waals surface area (Å²) in [5, 5.41) is 5.49. The molecule has 6 heteroatoms. The molecule has 0 aliphatic heterocycles. The van der Waals surface area contributed by atoms with Crippen molar-refractivity contribution in [3.63, 3.8) is 0 Å². The highest BCUT2D eigenvalue weighted by atomic mass is 16.5. The molecule has 0 heterocycles. The second kappa shape index (κ2) is 7.82. The van der Waals surface area contributed by atoms with Crippen molar-refractivity contribution < 1.29 is 19.1 Å². The Kier molecular flexibility index (Phi) is 5.31. The number of rotatable bonds is 6. The van der Waals surface area contributed by atoms with Crippen LogP contribution >= 0.6 is 0 Å². The van der Waals surface area contributed by atoms with E-state index in [1.807, 2.05) is 0 Å². The third kappa shape index (κ3) is 5.17. The highest BCUT2D eigenvalue weighted by molar-refractivity contribution is 5.94. The minimum Gasteiger partial charge on any atom is -0.426 e. The van der Waals surface area contributed by atoms with Crippen molar-refractivity contribution in [1.29, 1.82) is 0 Å². The van der Waals surface area contributed by atoms with Crippen molar-refractivity contribution in [3.05, 3.63) is 54.1 Å². The van der Waals surface area contributed by atoms with Crippen molar-refractivity contribution in [3.8, 4) is 5.75 Å². The Morgan fingerprint density at radius 3 is 2.38 bits per heavy atom. The largest absolute Gasteiger partial charge is 0.426 e. The average Bonchev–Trinajstić information content (AvgIpc) is 3.41. The lowest BCUT2D eigenvalue weighted by molar-refractivity contribution is -0.133. The van der Waals surface area contributed by atoms with Crippen LogP contribution < -0.4 is 15.4 Å². The summed E-state index contributed by atoms with van der Waals surface area (Å²) in [5.74, 6) is -0.0402. The molecule has 1 fully saturated rings. The van der Waals surface area contributed by atoms with Gasteiger partial charge in [0, 0.05) is 30.3 Å². The molecule has 0 saturated heterocycles. The van der Waals surface area contributed by atoms with E-state index in [2.05, 4.69) is 10.6 Å². The van der Waals surface area contributed by atoms with E-state index in [1.165, 1.54) is 6.92 Å². The molecular formula is C20H20N2O4. The second-order valence-corrected chi connectivity index (χ2v) is 6.32. The van der Waals surface area contributed by atoms with Gasteiger partial charge in [0.1, 0.15) is 5.75 Å². The summed E-state index contributed by atoms with van der Waals surface area (Å²) in [7, 11) is 0. The predicted molar refractivity (Wildman–Crippen MR) is 97.9 cm³/mol. The normalized spacial score (nSPS) is 13.0. The maximum Gasteiger partial charge on any atom is 0.315 e. The maximum atomic E-state index is 12.1. The number of hydrogen-bond donors (Lipinski definition) is 2. The molecule has 0 aromatic heterocycles. The van der Waals surface area contributed by atoms with Crippen LogP contribution in [0.1, 0.15) is 25.3 Å². The summed E-state index contributed by atoms with van der Waals surface area (Å²) >= 11 is 0. The van der Waals surface area contributed by atoms with E-state index in [-0.39, 0.29) is 24.2 Å². The van der Waals surface area contributed by atoms with Crippen LogP contribution in [0.3, 0.4) is 0 Å². The quantitative estimate of drug-likeness (QED) is 0.618. The van der Waals surface area contributed by atoms with Gasteiger partial charge in [0.05, 0.1) is 6.42 Å². The van der Waals surface area contributed by atoms with E-state index in [1.54, 1.807) is 48.5 Å². The Balaban J connectivity index is 1.55. The molecule has 6 nitrogen and oxygen atoms in total. The van der Waals surface area contributed by atoms with Gasteiger partial charge in [0.15, 0.2) is 0 Å². The molecule has 0 spiro atoms. The molecule has 0 unspecified atom stereocenters. The summed E-state index contributed by atoms with van der Waals surface area (Å²) in [6.07, 6.45) is 1.97. The van der Waals surface area contributed by atoms with Gasteiger partial charge in [0.25, 0.3) is 0 Å². The first-order valence-electron chi connectivity index (χ1n) is 8.48. The Labute approximate surface area is 151 Å². The number of ether oxygens (including phenoxy) is 1. The molecular weight excluding hydrogens is 332 g/mol. The molecule has 0 bridgehead atoms. The Morgan fingerprint density at radius 1 is 1.00 bits per heavy atom. The van der Waals surface area contributed by atoms with Gasteiger partial charge in [-0.1, -0.05) is 18.2 Å². The molecule has 3 rings (SSSR count). The monoisotopic (exact) mass is 352 g/mol. The van der Waals surface area contributed by atoms with Crippen molar-refractivity contribution in [1.82, 2.24) is 0 Å². The molecule has 2 aromatic carbocycles. The zero-order valence-electron chi connectivity index (χ0n) is 14.5. The molecule has 2 aromatic rings. The lowest BCUT2D eigenvalue weighted by Crippen LogP contribution is -2.14. The van der Waals surface area contributed by atoms with E-state index in [9.17, 15) is 14.4 Å². The van der Waals surface area contributed by atoms with Gasteiger partial charge in [0.2, 0.25) is 11.8 Å². The first-order valence-corrected chi connectivity index (χ1v) is 8.48. The minimum absolute atomic E-state index is 0.00716. The number of anilines is 2. The van der Waals surface area contributed by atoms with E-state index in [0.29, 0.717) is 17.1 Å². The lowest BCUT2D eigenvalue weighted by atomic mass is 10.1. The zero-order valence-corrected chi connectivity index (χ0v) is 14.5. The third-order valence-corrected chi connectivity index (χ3v) is 3.90. The van der Waals surface area contributed by atoms with Crippen LogP contribution in [0.5, 0.6) is 5.75 Å². The van der Waals surface area contributed by atoms with Crippen LogP contribution in [0.15, 0.2) is 48.5 Å². The van der Waals surface area contributed by atoms with Crippen molar-refractivity contribution in [2.75, 3.05) is 10.6 Å². The van der Waals surface area contributed by atoms with E-state index >= 15 is 0 Å². The molecule has 1 aliphatic rings. The van der Waals surface area contributed by atoms with Crippen molar-refractivity contribution in [2.24, 2.45) is 5.92 Å². The number of hydrogen-bond acceptors (Lipinski definition) is 4. The third-order valence-electron chi connectivity index (χ3n) is 3.90. The highest BCUT2D eigenvalue weighted by Gasteiger charge is 2.29. The summed E-state index contributed by atoms with van der Waals surface area (Å²) in [6, 6.07) is 13.8. The molecule has 134 valence electrons. The molecule has 1 saturated carbocycles. The number of carbonyl (C=O) groups is 3. The van der Waals surface area contributed by atoms with Crippen LogP contribution in [0.25, 0.3) is 0 Å². The van der Waals surface area contributed by atoms with Crippen LogP contribution in [0, 0.1) is 5.92 Å². The molecule has 26 heavy (non-hydrogen) atoms.